The standard InChI is InChI=1S/C19H28F3N3O.HI/c1-3-23-18(24-11-10-19(20,21)22)25-13-16-5-4-12-26-17(16)15-8-6-14(2)7-9-15;/h6-9,16-17H,3-5,10-13H2,1-2H3,(H2,23,24,25);1H. The molecular formula is C19H29F3IN3O. The molecule has 2 atom stereocenters. The molecule has 0 amide bonds. The van der Waals surface area contributed by atoms with E-state index < -0.39 is 12.6 Å². The van der Waals surface area contributed by atoms with E-state index in [4.69, 9.17) is 4.74 Å². The number of aryl methyl sites for hydroxylation is 1. The third kappa shape index (κ3) is 8.68. The Kier molecular flexibility index (Phi) is 10.4. The van der Waals surface area contributed by atoms with Crippen molar-refractivity contribution in [1.29, 1.82) is 0 Å². The number of guanidine groups is 1. The predicted molar refractivity (Wildman–Crippen MR) is 113 cm³/mol. The summed E-state index contributed by atoms with van der Waals surface area (Å²) in [6.45, 7) is 5.59. The van der Waals surface area contributed by atoms with Gasteiger partial charge in [-0.1, -0.05) is 29.8 Å². The number of ether oxygens (including phenoxy) is 1. The monoisotopic (exact) mass is 499 g/mol. The van der Waals surface area contributed by atoms with Crippen molar-refractivity contribution >= 4 is 29.9 Å². The van der Waals surface area contributed by atoms with Crippen molar-refractivity contribution in [1.82, 2.24) is 10.6 Å². The van der Waals surface area contributed by atoms with Gasteiger partial charge < -0.3 is 15.4 Å². The lowest BCUT2D eigenvalue weighted by molar-refractivity contribution is -0.132. The van der Waals surface area contributed by atoms with Gasteiger partial charge in [0.15, 0.2) is 5.96 Å². The zero-order valence-corrected chi connectivity index (χ0v) is 18.1. The molecule has 0 bridgehead atoms. The minimum atomic E-state index is -4.17. The smallest absolute Gasteiger partial charge is 0.373 e. The van der Waals surface area contributed by atoms with Crippen molar-refractivity contribution in [2.24, 2.45) is 10.9 Å². The van der Waals surface area contributed by atoms with Crippen molar-refractivity contribution in [3.63, 3.8) is 0 Å². The molecule has 8 heteroatoms. The second kappa shape index (κ2) is 11.7. The summed E-state index contributed by atoms with van der Waals surface area (Å²) in [4.78, 5) is 4.50. The first-order chi connectivity index (χ1) is 12.4. The maximum Gasteiger partial charge on any atom is 0.390 e. The van der Waals surface area contributed by atoms with Crippen LogP contribution in [0, 0.1) is 12.8 Å². The third-order valence-corrected chi connectivity index (χ3v) is 4.38. The van der Waals surface area contributed by atoms with Gasteiger partial charge in [0.05, 0.1) is 12.5 Å². The lowest BCUT2D eigenvalue weighted by Crippen LogP contribution is -2.39. The molecule has 4 nitrogen and oxygen atoms in total. The quantitative estimate of drug-likeness (QED) is 0.342. The first-order valence-electron chi connectivity index (χ1n) is 9.16. The zero-order chi connectivity index (χ0) is 19.0. The maximum absolute atomic E-state index is 12.3. The van der Waals surface area contributed by atoms with Crippen LogP contribution in [0.25, 0.3) is 0 Å². The Morgan fingerprint density at radius 1 is 1.22 bits per heavy atom. The number of benzene rings is 1. The molecule has 2 N–H and O–H groups in total. The molecule has 0 aromatic heterocycles. The lowest BCUT2D eigenvalue weighted by atomic mass is 9.89. The van der Waals surface area contributed by atoms with Gasteiger partial charge >= 0.3 is 6.18 Å². The van der Waals surface area contributed by atoms with Gasteiger partial charge in [-0.15, -0.1) is 24.0 Å². The van der Waals surface area contributed by atoms with Gasteiger partial charge in [0.25, 0.3) is 0 Å². The van der Waals surface area contributed by atoms with Crippen LogP contribution in [0.2, 0.25) is 0 Å². The largest absolute Gasteiger partial charge is 0.390 e. The number of hydrogen-bond acceptors (Lipinski definition) is 2. The lowest BCUT2D eigenvalue weighted by Gasteiger charge is -2.31. The van der Waals surface area contributed by atoms with Crippen molar-refractivity contribution in [3.8, 4) is 0 Å². The van der Waals surface area contributed by atoms with E-state index in [2.05, 4.69) is 39.9 Å². The highest BCUT2D eigenvalue weighted by atomic mass is 127. The van der Waals surface area contributed by atoms with Crippen LogP contribution in [0.1, 0.15) is 43.4 Å². The summed E-state index contributed by atoms with van der Waals surface area (Å²) in [5.41, 5.74) is 2.33. The Hall–Kier alpha value is -1.03. The Labute approximate surface area is 176 Å². The number of nitrogens with one attached hydrogen (secondary N) is 2. The molecule has 1 aliphatic heterocycles. The van der Waals surface area contributed by atoms with E-state index in [-0.39, 0.29) is 42.5 Å². The van der Waals surface area contributed by atoms with Gasteiger partial charge in [0.2, 0.25) is 0 Å². The second-order valence-corrected chi connectivity index (χ2v) is 6.62. The first-order valence-corrected chi connectivity index (χ1v) is 9.16. The van der Waals surface area contributed by atoms with Crippen LogP contribution in [0.5, 0.6) is 0 Å². The Morgan fingerprint density at radius 2 is 1.93 bits per heavy atom. The van der Waals surface area contributed by atoms with Crippen molar-refractivity contribution in [2.75, 3.05) is 26.2 Å². The number of halogens is 4. The Balaban J connectivity index is 0.00000364. The third-order valence-electron chi connectivity index (χ3n) is 4.38. The van der Waals surface area contributed by atoms with Gasteiger partial charge in [-0.25, -0.2) is 0 Å². The van der Waals surface area contributed by atoms with Crippen LogP contribution < -0.4 is 10.6 Å². The highest BCUT2D eigenvalue weighted by Crippen LogP contribution is 2.34. The van der Waals surface area contributed by atoms with Crippen LogP contribution in [-0.2, 0) is 4.74 Å². The fourth-order valence-corrected chi connectivity index (χ4v) is 3.03. The number of hydrogen-bond donors (Lipinski definition) is 2. The maximum atomic E-state index is 12.3. The van der Waals surface area contributed by atoms with E-state index in [9.17, 15) is 13.2 Å². The zero-order valence-electron chi connectivity index (χ0n) is 15.8. The molecule has 0 spiro atoms. The SMILES string of the molecule is CCNC(=NCC1CCCOC1c1ccc(C)cc1)NCCC(F)(F)F.I. The van der Waals surface area contributed by atoms with Gasteiger partial charge in [-0.3, -0.25) is 4.99 Å². The van der Waals surface area contributed by atoms with E-state index >= 15 is 0 Å². The molecule has 27 heavy (non-hydrogen) atoms. The van der Waals surface area contributed by atoms with E-state index in [1.54, 1.807) is 0 Å². The molecule has 2 rings (SSSR count). The van der Waals surface area contributed by atoms with Gasteiger partial charge in [0.1, 0.15) is 0 Å². The van der Waals surface area contributed by atoms with Gasteiger partial charge in [-0.2, -0.15) is 13.2 Å². The van der Waals surface area contributed by atoms with Crippen molar-refractivity contribution in [2.45, 2.75) is 45.4 Å². The molecular weight excluding hydrogens is 470 g/mol. The molecule has 0 aliphatic carbocycles. The van der Waals surface area contributed by atoms with Crippen LogP contribution >= 0.6 is 24.0 Å². The van der Waals surface area contributed by atoms with E-state index in [1.165, 1.54) is 5.56 Å². The average molecular weight is 499 g/mol. The topological polar surface area (TPSA) is 45.7 Å². The summed E-state index contributed by atoms with van der Waals surface area (Å²) < 4.78 is 42.9. The van der Waals surface area contributed by atoms with Crippen LogP contribution in [0.3, 0.4) is 0 Å². The number of aliphatic imine (C=N–C) groups is 1. The van der Waals surface area contributed by atoms with Crippen LogP contribution in [0.4, 0.5) is 13.2 Å². The number of nitrogens with zero attached hydrogens (tertiary/aromatic N) is 1. The van der Waals surface area contributed by atoms with Crippen molar-refractivity contribution < 1.29 is 17.9 Å². The molecule has 1 aromatic carbocycles. The van der Waals surface area contributed by atoms with E-state index in [1.807, 2.05) is 13.8 Å². The molecule has 0 saturated carbocycles. The summed E-state index contributed by atoms with van der Waals surface area (Å²) in [6, 6.07) is 8.29. The minimum Gasteiger partial charge on any atom is -0.373 e. The average Bonchev–Trinajstić information content (AvgIpc) is 2.60. The molecule has 154 valence electrons. The summed E-state index contributed by atoms with van der Waals surface area (Å²) in [5.74, 6) is 0.634. The second-order valence-electron chi connectivity index (χ2n) is 6.62. The minimum absolute atomic E-state index is 0. The van der Waals surface area contributed by atoms with Crippen molar-refractivity contribution in [3.05, 3.63) is 35.4 Å². The Morgan fingerprint density at radius 3 is 2.56 bits per heavy atom. The molecule has 1 fully saturated rings. The summed E-state index contributed by atoms with van der Waals surface area (Å²) in [5, 5.41) is 5.76. The van der Waals surface area contributed by atoms with Gasteiger partial charge in [-0.05, 0) is 32.3 Å². The normalized spacial score (nSPS) is 20.7. The number of rotatable bonds is 6. The van der Waals surface area contributed by atoms with Gasteiger partial charge in [0, 0.05) is 32.2 Å². The van der Waals surface area contributed by atoms with E-state index in [0.29, 0.717) is 19.0 Å². The molecule has 1 aromatic rings. The summed E-state index contributed by atoms with van der Waals surface area (Å²) in [6.07, 6.45) is -3.11. The highest BCUT2D eigenvalue weighted by Gasteiger charge is 2.28. The molecule has 0 radical (unpaired) electrons. The van der Waals surface area contributed by atoms with Crippen LogP contribution in [0.15, 0.2) is 29.3 Å². The summed E-state index contributed by atoms with van der Waals surface area (Å²) >= 11 is 0. The summed E-state index contributed by atoms with van der Waals surface area (Å²) in [7, 11) is 0. The first kappa shape index (κ1) is 24.0. The van der Waals surface area contributed by atoms with E-state index in [0.717, 1.165) is 25.0 Å². The molecule has 2 unspecified atom stereocenters. The fraction of sp³-hybridized carbons (Fsp3) is 0.632. The fourth-order valence-electron chi connectivity index (χ4n) is 3.03. The molecule has 1 heterocycles. The molecule has 1 aliphatic rings. The number of alkyl halides is 3. The van der Waals surface area contributed by atoms with Crippen LogP contribution in [-0.4, -0.2) is 38.4 Å². The molecule has 1 saturated heterocycles. The predicted octanol–water partition coefficient (Wildman–Crippen LogP) is 4.59. The Bertz CT molecular complexity index is 579. The highest BCUT2D eigenvalue weighted by molar-refractivity contribution is 14.0.